The SMILES string of the molecule is CC(C)=CCC/C(C)=C/Cn1cc(CC(O)(P(=O)(O)O)P(=O)(O)O)nn1. The summed E-state index contributed by atoms with van der Waals surface area (Å²) in [6, 6.07) is 0. The standard InChI is InChI=1S/C14H25N3O7P2/c1-11(2)5-4-6-12(3)7-8-17-10-13(15-16-17)9-14(18,25(19,20)21)26(22,23)24/h5,7,10,18H,4,6,8-9H2,1-3H3,(H2,19,20,21)(H2,22,23,24)/b12-7+. The van der Waals surface area contributed by atoms with Gasteiger partial charge in [0, 0.05) is 12.6 Å². The van der Waals surface area contributed by atoms with E-state index in [-0.39, 0.29) is 5.69 Å². The molecule has 0 aliphatic rings. The molecular formula is C14H25N3O7P2. The molecule has 26 heavy (non-hydrogen) atoms. The van der Waals surface area contributed by atoms with Crippen LogP contribution in [0.1, 0.15) is 39.3 Å². The lowest BCUT2D eigenvalue weighted by atomic mass is 10.1. The minimum atomic E-state index is -5.52. The molecule has 0 fully saturated rings. The number of hydrogen-bond acceptors (Lipinski definition) is 5. The van der Waals surface area contributed by atoms with Gasteiger partial charge in [-0.15, -0.1) is 5.10 Å². The molecule has 0 aliphatic carbocycles. The first-order valence-electron chi connectivity index (χ1n) is 7.78. The lowest BCUT2D eigenvalue weighted by Crippen LogP contribution is -2.31. The summed E-state index contributed by atoms with van der Waals surface area (Å²) in [5.74, 6) is 0. The highest BCUT2D eigenvalue weighted by molar-refractivity contribution is 7.72. The molecule has 0 bridgehead atoms. The summed E-state index contributed by atoms with van der Waals surface area (Å²) in [7, 11) is -11.0. The second kappa shape index (κ2) is 8.71. The van der Waals surface area contributed by atoms with Crippen molar-refractivity contribution in [2.24, 2.45) is 0 Å². The fourth-order valence-electron chi connectivity index (χ4n) is 2.07. The molecule has 0 unspecified atom stereocenters. The summed E-state index contributed by atoms with van der Waals surface area (Å²) < 4.78 is 24.1. The zero-order valence-electron chi connectivity index (χ0n) is 14.8. The van der Waals surface area contributed by atoms with E-state index >= 15 is 0 Å². The van der Waals surface area contributed by atoms with E-state index in [1.165, 1.54) is 16.5 Å². The van der Waals surface area contributed by atoms with Gasteiger partial charge in [0.15, 0.2) is 0 Å². The quantitative estimate of drug-likeness (QED) is 0.300. The molecule has 1 rings (SSSR count). The van der Waals surface area contributed by atoms with Crippen molar-refractivity contribution >= 4 is 15.2 Å². The highest BCUT2D eigenvalue weighted by Crippen LogP contribution is 2.68. The van der Waals surface area contributed by atoms with Crippen LogP contribution < -0.4 is 0 Å². The molecule has 0 atom stereocenters. The van der Waals surface area contributed by atoms with Crippen LogP contribution >= 0.6 is 15.2 Å². The van der Waals surface area contributed by atoms with Crippen molar-refractivity contribution in [1.29, 1.82) is 0 Å². The topological polar surface area (TPSA) is 166 Å². The van der Waals surface area contributed by atoms with E-state index in [1.807, 2.05) is 26.8 Å². The Bertz CT molecular complexity index is 749. The lowest BCUT2D eigenvalue weighted by molar-refractivity contribution is 0.130. The third-order valence-electron chi connectivity index (χ3n) is 3.66. The van der Waals surface area contributed by atoms with Crippen molar-refractivity contribution in [3.8, 4) is 0 Å². The van der Waals surface area contributed by atoms with Gasteiger partial charge in [-0.1, -0.05) is 28.5 Å². The molecule has 148 valence electrons. The first-order valence-corrected chi connectivity index (χ1v) is 11.0. The largest absolute Gasteiger partial charge is 0.369 e. The third kappa shape index (κ3) is 6.25. The van der Waals surface area contributed by atoms with Crippen molar-refractivity contribution < 1.29 is 33.8 Å². The molecule has 0 saturated carbocycles. The third-order valence-corrected chi connectivity index (χ3v) is 7.40. The highest BCUT2D eigenvalue weighted by Gasteiger charge is 2.59. The van der Waals surface area contributed by atoms with E-state index in [1.54, 1.807) is 0 Å². The van der Waals surface area contributed by atoms with Crippen molar-refractivity contribution in [3.63, 3.8) is 0 Å². The van der Waals surface area contributed by atoms with Crippen LogP contribution in [0.25, 0.3) is 0 Å². The minimum absolute atomic E-state index is 0.144. The van der Waals surface area contributed by atoms with Gasteiger partial charge in [-0.2, -0.15) is 0 Å². The Morgan fingerprint density at radius 2 is 1.73 bits per heavy atom. The summed E-state index contributed by atoms with van der Waals surface area (Å²) in [5.41, 5.74) is 2.21. The van der Waals surface area contributed by atoms with Crippen LogP contribution in [0.5, 0.6) is 0 Å². The van der Waals surface area contributed by atoms with E-state index in [4.69, 9.17) is 19.6 Å². The molecular weight excluding hydrogens is 384 g/mol. The maximum absolute atomic E-state index is 11.4. The molecule has 0 saturated heterocycles. The molecule has 0 aliphatic heterocycles. The Kier molecular flexibility index (Phi) is 7.68. The smallest absolute Gasteiger partial charge is 0.367 e. The fraction of sp³-hybridized carbons (Fsp3) is 0.571. The first-order chi connectivity index (χ1) is 11.8. The number of allylic oxidation sites excluding steroid dienone is 4. The maximum atomic E-state index is 11.4. The zero-order chi connectivity index (χ0) is 20.2. The summed E-state index contributed by atoms with van der Waals surface area (Å²) in [6.07, 6.45) is 6.04. The van der Waals surface area contributed by atoms with Gasteiger partial charge in [0.05, 0.1) is 12.2 Å². The molecule has 1 aromatic heterocycles. The van der Waals surface area contributed by atoms with Gasteiger partial charge >= 0.3 is 15.2 Å². The van der Waals surface area contributed by atoms with E-state index in [2.05, 4.69) is 16.4 Å². The summed E-state index contributed by atoms with van der Waals surface area (Å²) >= 11 is 0. The molecule has 5 N–H and O–H groups in total. The van der Waals surface area contributed by atoms with Crippen molar-refractivity contribution in [2.75, 3.05) is 0 Å². The predicted octanol–water partition coefficient (Wildman–Crippen LogP) is 1.51. The van der Waals surface area contributed by atoms with Crippen LogP contribution in [0.4, 0.5) is 0 Å². The fourth-order valence-corrected chi connectivity index (χ4v) is 4.16. The highest BCUT2D eigenvalue weighted by atomic mass is 31.2. The minimum Gasteiger partial charge on any atom is -0.367 e. The van der Waals surface area contributed by atoms with Crippen LogP contribution in [-0.4, -0.2) is 44.8 Å². The Morgan fingerprint density at radius 1 is 1.15 bits per heavy atom. The number of aliphatic hydroxyl groups is 1. The van der Waals surface area contributed by atoms with Gasteiger partial charge in [-0.3, -0.25) is 9.13 Å². The number of aromatic nitrogens is 3. The van der Waals surface area contributed by atoms with Gasteiger partial charge in [0.2, 0.25) is 0 Å². The Labute approximate surface area is 151 Å². The number of nitrogens with zero attached hydrogens (tertiary/aromatic N) is 3. The second-order valence-corrected chi connectivity index (χ2v) is 10.4. The zero-order valence-corrected chi connectivity index (χ0v) is 16.6. The lowest BCUT2D eigenvalue weighted by Gasteiger charge is -2.28. The van der Waals surface area contributed by atoms with Crippen LogP contribution in [0.15, 0.2) is 29.5 Å². The molecule has 0 spiro atoms. The van der Waals surface area contributed by atoms with Crippen molar-refractivity contribution in [2.45, 2.75) is 51.7 Å². The molecule has 12 heteroatoms. The Hall–Kier alpha value is -1.12. The van der Waals surface area contributed by atoms with Crippen molar-refractivity contribution in [3.05, 3.63) is 35.2 Å². The van der Waals surface area contributed by atoms with Crippen LogP contribution in [0, 0.1) is 0 Å². The molecule has 0 amide bonds. The number of hydrogen-bond donors (Lipinski definition) is 5. The van der Waals surface area contributed by atoms with Crippen LogP contribution in [-0.2, 0) is 22.1 Å². The van der Waals surface area contributed by atoms with Crippen LogP contribution in [0.3, 0.4) is 0 Å². The molecule has 10 nitrogen and oxygen atoms in total. The van der Waals surface area contributed by atoms with Crippen molar-refractivity contribution in [1.82, 2.24) is 15.0 Å². The molecule has 1 heterocycles. The van der Waals surface area contributed by atoms with Gasteiger partial charge in [-0.25, -0.2) is 4.68 Å². The van der Waals surface area contributed by atoms with E-state index < -0.39 is 26.7 Å². The average molecular weight is 409 g/mol. The second-order valence-electron chi connectivity index (χ2n) is 6.34. The van der Waals surface area contributed by atoms with Gasteiger partial charge in [0.1, 0.15) is 0 Å². The number of rotatable bonds is 9. The molecule has 1 aromatic rings. The van der Waals surface area contributed by atoms with Gasteiger partial charge in [-0.05, 0) is 33.6 Å². The maximum Gasteiger partial charge on any atom is 0.369 e. The predicted molar refractivity (Wildman–Crippen MR) is 95.2 cm³/mol. The summed E-state index contributed by atoms with van der Waals surface area (Å²) in [6.45, 7) is 6.33. The molecule has 0 aromatic carbocycles. The normalized spacial score (nSPS) is 13.8. The van der Waals surface area contributed by atoms with E-state index in [0.717, 1.165) is 18.4 Å². The summed E-state index contributed by atoms with van der Waals surface area (Å²) in [5, 5.41) is 13.7. The Balaban J connectivity index is 2.83. The average Bonchev–Trinajstić information content (AvgIpc) is 2.89. The van der Waals surface area contributed by atoms with E-state index in [9.17, 15) is 14.2 Å². The van der Waals surface area contributed by atoms with Gasteiger partial charge in [0.25, 0.3) is 5.08 Å². The van der Waals surface area contributed by atoms with E-state index in [0.29, 0.717) is 6.54 Å². The summed E-state index contributed by atoms with van der Waals surface area (Å²) in [4.78, 5) is 36.6. The molecule has 0 radical (unpaired) electrons. The van der Waals surface area contributed by atoms with Gasteiger partial charge < -0.3 is 24.7 Å². The van der Waals surface area contributed by atoms with Crippen LogP contribution in [0.2, 0.25) is 0 Å². The Morgan fingerprint density at radius 3 is 2.23 bits per heavy atom. The monoisotopic (exact) mass is 409 g/mol. The first kappa shape index (κ1) is 22.9.